The van der Waals surface area contributed by atoms with E-state index in [1.165, 1.54) is 72.3 Å². The Morgan fingerprint density at radius 2 is 1.92 bits per heavy atom. The second-order valence-corrected chi connectivity index (χ2v) is 9.71. The highest BCUT2D eigenvalue weighted by molar-refractivity contribution is 7.21. The topological polar surface area (TPSA) is 113 Å². The molecule has 3 heterocycles. The van der Waals surface area contributed by atoms with Crippen molar-refractivity contribution in [1.29, 1.82) is 0 Å². The van der Waals surface area contributed by atoms with Crippen LogP contribution in [0.25, 0.3) is 15.2 Å². The second kappa shape index (κ2) is 9.69. The van der Waals surface area contributed by atoms with E-state index in [0.29, 0.717) is 38.6 Å². The molecule has 3 aromatic heterocycles. The third-order valence-corrected chi connectivity index (χ3v) is 7.37. The molecule has 190 valence electrons. The Kier molecular flexibility index (Phi) is 6.81. The molecule has 0 bridgehead atoms. The van der Waals surface area contributed by atoms with E-state index in [4.69, 9.17) is 4.74 Å². The smallest absolute Gasteiger partial charge is 0.333 e. The molecule has 0 radical (unpaired) electrons. The number of aromatic nitrogens is 5. The summed E-state index contributed by atoms with van der Waals surface area (Å²) in [5, 5.41) is 11.9. The van der Waals surface area contributed by atoms with Crippen molar-refractivity contribution < 1.29 is 13.9 Å². The summed E-state index contributed by atoms with van der Waals surface area (Å²) in [6.45, 7) is 7.05. The van der Waals surface area contributed by atoms with Crippen LogP contribution in [0.2, 0.25) is 0 Å². The molecular formula is C24H27FN6O4S. The van der Waals surface area contributed by atoms with Gasteiger partial charge in [0.25, 0.3) is 5.56 Å². The number of hydrogen-bond donors (Lipinski definition) is 1. The summed E-state index contributed by atoms with van der Waals surface area (Å²) in [6, 6.07) is 4.18. The zero-order valence-electron chi connectivity index (χ0n) is 20.7. The first-order valence-corrected chi connectivity index (χ1v) is 12.2. The summed E-state index contributed by atoms with van der Waals surface area (Å²) in [5.41, 5.74) is -1.51. The Morgan fingerprint density at radius 1 is 1.22 bits per heavy atom. The third kappa shape index (κ3) is 4.21. The highest BCUT2D eigenvalue weighted by Crippen LogP contribution is 2.31. The second-order valence-electron chi connectivity index (χ2n) is 8.73. The van der Waals surface area contributed by atoms with Crippen molar-refractivity contribution in [2.75, 3.05) is 13.7 Å². The monoisotopic (exact) mass is 514 g/mol. The van der Waals surface area contributed by atoms with Crippen molar-refractivity contribution >= 4 is 27.5 Å². The standard InChI is InChI=1S/C24H27FN6O4S/c1-6-26-22(33)24(3,4)30-19(32)18-14(2)20(31-27-10-11-28-31)36-21(18)29(23(30)34)12-9-15-13-16(25)7-8-17(15)35-5/h7-8,10-11,13H,6,9,12H2,1-5H3,(H,26,33). The number of fused-ring (bicyclic) bond motifs is 1. The number of benzene rings is 1. The van der Waals surface area contributed by atoms with Crippen molar-refractivity contribution in [3.8, 4) is 10.8 Å². The van der Waals surface area contributed by atoms with Gasteiger partial charge in [0.1, 0.15) is 26.9 Å². The number of hydrogen-bond acceptors (Lipinski definition) is 7. The van der Waals surface area contributed by atoms with Crippen LogP contribution in [-0.4, -0.2) is 43.7 Å². The maximum absolute atomic E-state index is 14.0. The molecule has 0 saturated heterocycles. The quantitative estimate of drug-likeness (QED) is 0.386. The van der Waals surface area contributed by atoms with E-state index in [9.17, 15) is 18.8 Å². The fraction of sp³-hybridized carbons (Fsp3) is 0.375. The number of halogens is 1. The van der Waals surface area contributed by atoms with Crippen LogP contribution < -0.4 is 21.3 Å². The van der Waals surface area contributed by atoms with E-state index < -0.39 is 28.5 Å². The summed E-state index contributed by atoms with van der Waals surface area (Å²) < 4.78 is 21.8. The summed E-state index contributed by atoms with van der Waals surface area (Å²) in [4.78, 5) is 42.3. The zero-order chi connectivity index (χ0) is 26.2. The summed E-state index contributed by atoms with van der Waals surface area (Å²) in [7, 11) is 1.49. The van der Waals surface area contributed by atoms with Crippen molar-refractivity contribution in [2.45, 2.75) is 46.2 Å². The van der Waals surface area contributed by atoms with E-state index in [2.05, 4.69) is 15.5 Å². The molecule has 4 aromatic rings. The van der Waals surface area contributed by atoms with Crippen molar-refractivity contribution in [2.24, 2.45) is 0 Å². The van der Waals surface area contributed by atoms with Crippen molar-refractivity contribution in [3.05, 3.63) is 68.4 Å². The highest BCUT2D eigenvalue weighted by atomic mass is 32.1. The molecule has 0 aliphatic rings. The molecule has 1 amide bonds. The molecule has 1 N–H and O–H groups in total. The molecule has 1 aromatic carbocycles. The first kappa shape index (κ1) is 25.3. The van der Waals surface area contributed by atoms with Gasteiger partial charge in [-0.1, -0.05) is 11.3 Å². The van der Waals surface area contributed by atoms with Gasteiger partial charge in [0, 0.05) is 18.7 Å². The van der Waals surface area contributed by atoms with E-state index in [0.717, 1.165) is 4.57 Å². The molecule has 0 aliphatic carbocycles. The van der Waals surface area contributed by atoms with Crippen LogP contribution in [0.15, 0.2) is 40.2 Å². The number of ether oxygens (including phenoxy) is 1. The first-order valence-electron chi connectivity index (χ1n) is 11.4. The third-order valence-electron chi connectivity index (χ3n) is 6.09. The maximum Gasteiger partial charge on any atom is 0.333 e. The van der Waals surface area contributed by atoms with Crippen LogP contribution >= 0.6 is 11.3 Å². The molecule has 0 aliphatic heterocycles. The molecule has 0 spiro atoms. The Morgan fingerprint density at radius 3 is 2.56 bits per heavy atom. The summed E-state index contributed by atoms with van der Waals surface area (Å²) in [6.07, 6.45) is 3.29. The van der Waals surface area contributed by atoms with Crippen LogP contribution in [-0.2, 0) is 23.3 Å². The largest absolute Gasteiger partial charge is 0.496 e. The fourth-order valence-electron chi connectivity index (χ4n) is 4.19. The van der Waals surface area contributed by atoms with Gasteiger partial charge in [-0.15, -0.1) is 4.80 Å². The van der Waals surface area contributed by atoms with Gasteiger partial charge in [-0.2, -0.15) is 10.2 Å². The number of methoxy groups -OCH3 is 1. The molecular weight excluding hydrogens is 487 g/mol. The Balaban J connectivity index is 1.97. The van der Waals surface area contributed by atoms with E-state index in [1.54, 1.807) is 13.8 Å². The Bertz CT molecular complexity index is 1550. The van der Waals surface area contributed by atoms with Crippen LogP contribution in [0.4, 0.5) is 4.39 Å². The predicted octanol–water partition coefficient (Wildman–Crippen LogP) is 2.38. The number of amides is 1. The Labute approximate surface area is 209 Å². The Hall–Kier alpha value is -3.80. The molecule has 12 heteroatoms. The van der Waals surface area contributed by atoms with Gasteiger partial charge in [0.15, 0.2) is 0 Å². The molecule has 0 fully saturated rings. The van der Waals surface area contributed by atoms with Gasteiger partial charge in [-0.3, -0.25) is 14.2 Å². The minimum absolute atomic E-state index is 0.118. The lowest BCUT2D eigenvalue weighted by Crippen LogP contribution is -2.55. The van der Waals surface area contributed by atoms with E-state index in [1.807, 2.05) is 0 Å². The number of likely N-dealkylation sites (N-methyl/N-ethyl adjacent to an activating group) is 1. The van der Waals surface area contributed by atoms with Gasteiger partial charge < -0.3 is 10.1 Å². The van der Waals surface area contributed by atoms with Crippen LogP contribution in [0.1, 0.15) is 31.9 Å². The number of thiophene rings is 1. The number of aryl methyl sites for hydroxylation is 3. The minimum Gasteiger partial charge on any atom is -0.496 e. The molecule has 36 heavy (non-hydrogen) atoms. The number of carbonyl (C=O) groups excluding carboxylic acids is 1. The fourth-order valence-corrected chi connectivity index (χ4v) is 5.43. The van der Waals surface area contributed by atoms with Crippen molar-refractivity contribution in [1.82, 2.24) is 29.4 Å². The van der Waals surface area contributed by atoms with Crippen LogP contribution in [0.5, 0.6) is 5.75 Å². The molecule has 10 nitrogen and oxygen atoms in total. The van der Waals surface area contributed by atoms with Gasteiger partial charge in [0.2, 0.25) is 5.91 Å². The summed E-state index contributed by atoms with van der Waals surface area (Å²) >= 11 is 1.20. The van der Waals surface area contributed by atoms with Crippen LogP contribution in [0, 0.1) is 12.7 Å². The minimum atomic E-state index is -1.46. The predicted molar refractivity (Wildman–Crippen MR) is 135 cm³/mol. The van der Waals surface area contributed by atoms with E-state index >= 15 is 0 Å². The average Bonchev–Trinajstić information content (AvgIpc) is 3.47. The van der Waals surface area contributed by atoms with Crippen molar-refractivity contribution in [3.63, 3.8) is 0 Å². The van der Waals surface area contributed by atoms with Gasteiger partial charge >= 0.3 is 5.69 Å². The van der Waals surface area contributed by atoms with Crippen LogP contribution in [0.3, 0.4) is 0 Å². The van der Waals surface area contributed by atoms with Gasteiger partial charge in [0.05, 0.1) is 24.9 Å². The lowest BCUT2D eigenvalue weighted by Gasteiger charge is -2.26. The summed E-state index contributed by atoms with van der Waals surface area (Å²) in [5.74, 6) is -0.395. The normalized spacial score (nSPS) is 11.7. The lowest BCUT2D eigenvalue weighted by molar-refractivity contribution is -0.128. The number of nitrogens with zero attached hydrogens (tertiary/aromatic N) is 5. The maximum atomic E-state index is 14.0. The van der Waals surface area contributed by atoms with Gasteiger partial charge in [-0.25, -0.2) is 13.8 Å². The average molecular weight is 515 g/mol. The number of rotatable bonds is 8. The lowest BCUT2D eigenvalue weighted by atomic mass is 10.0. The molecule has 4 rings (SSSR count). The first-order chi connectivity index (χ1) is 17.1. The molecule has 0 atom stereocenters. The molecule has 0 saturated carbocycles. The number of nitrogens with one attached hydrogen (secondary N) is 1. The zero-order valence-corrected chi connectivity index (χ0v) is 21.5. The van der Waals surface area contributed by atoms with E-state index in [-0.39, 0.29) is 13.0 Å². The van der Waals surface area contributed by atoms with Gasteiger partial charge in [-0.05, 0) is 57.9 Å². The number of carbonyl (C=O) groups is 1. The highest BCUT2D eigenvalue weighted by Gasteiger charge is 2.35. The SMILES string of the molecule is CCNC(=O)C(C)(C)n1c(=O)c2c(C)c(-n3nccn3)sc2n(CCc2cc(F)ccc2OC)c1=O. The molecule has 0 unspecified atom stereocenters.